The molecule has 1 aliphatic carbocycles. The maximum atomic E-state index is 12.3. The zero-order valence-electron chi connectivity index (χ0n) is 12.9. The van der Waals surface area contributed by atoms with E-state index in [1.807, 2.05) is 6.92 Å². The highest BCUT2D eigenvalue weighted by molar-refractivity contribution is 7.89. The Morgan fingerprint density at radius 2 is 1.81 bits per heavy atom. The Morgan fingerprint density at radius 1 is 1.19 bits per heavy atom. The first kappa shape index (κ1) is 16.3. The standard InChI is InChI=1S/C16H26N2O2S/c1-3-13-4-6-14(7-5-13)11-18-21(19,20)15-8-9-16(17)12(2)10-15/h8-10,13-14,18H,3-7,11,17H2,1-2H3. The van der Waals surface area contributed by atoms with E-state index in [9.17, 15) is 8.42 Å². The third kappa shape index (κ3) is 4.20. The summed E-state index contributed by atoms with van der Waals surface area (Å²) in [6, 6.07) is 4.85. The summed E-state index contributed by atoms with van der Waals surface area (Å²) >= 11 is 0. The third-order valence-electron chi connectivity index (χ3n) is 4.66. The second kappa shape index (κ2) is 6.79. The van der Waals surface area contributed by atoms with Crippen molar-refractivity contribution < 1.29 is 8.42 Å². The van der Waals surface area contributed by atoms with Gasteiger partial charge in [0.25, 0.3) is 0 Å². The Bertz CT molecular complexity index is 576. The molecule has 0 atom stereocenters. The summed E-state index contributed by atoms with van der Waals surface area (Å²) in [5, 5.41) is 0. The first-order chi connectivity index (χ1) is 9.92. The largest absolute Gasteiger partial charge is 0.399 e. The van der Waals surface area contributed by atoms with Crippen LogP contribution in [0.15, 0.2) is 23.1 Å². The molecule has 4 nitrogen and oxygen atoms in total. The van der Waals surface area contributed by atoms with Crippen LogP contribution < -0.4 is 10.5 Å². The fraction of sp³-hybridized carbons (Fsp3) is 0.625. The number of aryl methyl sites for hydroxylation is 1. The van der Waals surface area contributed by atoms with Crippen molar-refractivity contribution >= 4 is 15.7 Å². The number of nitrogen functional groups attached to an aromatic ring is 1. The lowest BCUT2D eigenvalue weighted by molar-refractivity contribution is 0.270. The molecule has 3 N–H and O–H groups in total. The van der Waals surface area contributed by atoms with E-state index < -0.39 is 10.0 Å². The van der Waals surface area contributed by atoms with Crippen LogP contribution in [0.3, 0.4) is 0 Å². The van der Waals surface area contributed by atoms with Gasteiger partial charge in [0, 0.05) is 12.2 Å². The van der Waals surface area contributed by atoms with Gasteiger partial charge in [0.2, 0.25) is 10.0 Å². The van der Waals surface area contributed by atoms with Gasteiger partial charge < -0.3 is 5.73 Å². The first-order valence-electron chi connectivity index (χ1n) is 7.78. The van der Waals surface area contributed by atoms with Crippen LogP contribution in [0, 0.1) is 18.8 Å². The Labute approximate surface area is 128 Å². The van der Waals surface area contributed by atoms with Crippen molar-refractivity contribution in [1.29, 1.82) is 0 Å². The zero-order chi connectivity index (χ0) is 15.5. The van der Waals surface area contributed by atoms with Gasteiger partial charge in [-0.05, 0) is 55.4 Å². The number of sulfonamides is 1. The lowest BCUT2D eigenvalue weighted by Gasteiger charge is -2.27. The molecule has 1 aliphatic rings. The Balaban J connectivity index is 1.94. The predicted octanol–water partition coefficient (Wildman–Crippen LogP) is 3.07. The van der Waals surface area contributed by atoms with E-state index in [0.29, 0.717) is 23.0 Å². The van der Waals surface area contributed by atoms with Crippen molar-refractivity contribution in [3.63, 3.8) is 0 Å². The van der Waals surface area contributed by atoms with Crippen LogP contribution in [-0.4, -0.2) is 15.0 Å². The lowest BCUT2D eigenvalue weighted by atomic mass is 9.81. The molecule has 0 aliphatic heterocycles. The van der Waals surface area contributed by atoms with E-state index >= 15 is 0 Å². The number of anilines is 1. The fourth-order valence-electron chi connectivity index (χ4n) is 2.97. The molecule has 1 aromatic carbocycles. The average Bonchev–Trinajstić information content (AvgIpc) is 2.48. The number of nitrogens with one attached hydrogen (secondary N) is 1. The van der Waals surface area contributed by atoms with Gasteiger partial charge in [-0.2, -0.15) is 0 Å². The molecule has 0 bridgehead atoms. The Hall–Kier alpha value is -1.07. The fourth-order valence-corrected chi connectivity index (χ4v) is 4.17. The van der Waals surface area contributed by atoms with Gasteiger partial charge in [0.05, 0.1) is 4.90 Å². The highest BCUT2D eigenvalue weighted by Gasteiger charge is 2.22. The summed E-state index contributed by atoms with van der Waals surface area (Å²) in [4.78, 5) is 0.302. The maximum Gasteiger partial charge on any atom is 0.240 e. The predicted molar refractivity (Wildman–Crippen MR) is 86.5 cm³/mol. The highest BCUT2D eigenvalue weighted by atomic mass is 32.2. The Morgan fingerprint density at radius 3 is 2.38 bits per heavy atom. The molecule has 0 unspecified atom stereocenters. The molecule has 5 heteroatoms. The van der Waals surface area contributed by atoms with Crippen molar-refractivity contribution in [2.24, 2.45) is 11.8 Å². The average molecular weight is 310 g/mol. The minimum Gasteiger partial charge on any atom is -0.399 e. The van der Waals surface area contributed by atoms with Crippen LogP contribution in [-0.2, 0) is 10.0 Å². The van der Waals surface area contributed by atoms with Gasteiger partial charge >= 0.3 is 0 Å². The highest BCUT2D eigenvalue weighted by Crippen LogP contribution is 2.30. The molecular formula is C16H26N2O2S. The molecule has 1 fully saturated rings. The minimum atomic E-state index is -3.42. The molecule has 0 aromatic heterocycles. The van der Waals surface area contributed by atoms with Crippen LogP contribution in [0.1, 0.15) is 44.6 Å². The van der Waals surface area contributed by atoms with Crippen molar-refractivity contribution in [3.05, 3.63) is 23.8 Å². The summed E-state index contributed by atoms with van der Waals surface area (Å²) in [5.41, 5.74) is 7.14. The topological polar surface area (TPSA) is 72.2 Å². The number of benzene rings is 1. The summed E-state index contributed by atoms with van der Waals surface area (Å²) in [6.07, 6.45) is 5.94. The van der Waals surface area contributed by atoms with Crippen LogP contribution in [0.2, 0.25) is 0 Å². The van der Waals surface area contributed by atoms with Gasteiger partial charge in [-0.1, -0.05) is 26.2 Å². The number of hydrogen-bond donors (Lipinski definition) is 2. The van der Waals surface area contributed by atoms with Crippen LogP contribution in [0.25, 0.3) is 0 Å². The quantitative estimate of drug-likeness (QED) is 0.821. The molecular weight excluding hydrogens is 284 g/mol. The van der Waals surface area contributed by atoms with E-state index in [0.717, 1.165) is 24.3 Å². The van der Waals surface area contributed by atoms with Gasteiger partial charge in [0.1, 0.15) is 0 Å². The molecule has 118 valence electrons. The molecule has 0 amide bonds. The molecule has 1 aromatic rings. The van der Waals surface area contributed by atoms with Crippen LogP contribution in [0.5, 0.6) is 0 Å². The molecule has 0 radical (unpaired) electrons. The van der Waals surface area contributed by atoms with Crippen LogP contribution in [0.4, 0.5) is 5.69 Å². The number of nitrogens with two attached hydrogens (primary N) is 1. The summed E-state index contributed by atoms with van der Waals surface area (Å²) in [7, 11) is -3.42. The second-order valence-electron chi connectivity index (χ2n) is 6.17. The Kier molecular flexibility index (Phi) is 5.27. The van der Waals surface area contributed by atoms with E-state index in [-0.39, 0.29) is 0 Å². The van der Waals surface area contributed by atoms with E-state index in [1.54, 1.807) is 18.2 Å². The zero-order valence-corrected chi connectivity index (χ0v) is 13.7. The summed E-state index contributed by atoms with van der Waals surface area (Å²) in [6.45, 7) is 4.60. The molecule has 21 heavy (non-hydrogen) atoms. The first-order valence-corrected chi connectivity index (χ1v) is 9.26. The minimum absolute atomic E-state index is 0.302. The van der Waals surface area contributed by atoms with Crippen molar-refractivity contribution in [1.82, 2.24) is 4.72 Å². The number of hydrogen-bond acceptors (Lipinski definition) is 3. The van der Waals surface area contributed by atoms with Crippen molar-refractivity contribution in [2.75, 3.05) is 12.3 Å². The molecule has 0 saturated heterocycles. The van der Waals surface area contributed by atoms with E-state index in [2.05, 4.69) is 11.6 Å². The van der Waals surface area contributed by atoms with E-state index in [4.69, 9.17) is 5.73 Å². The maximum absolute atomic E-state index is 12.3. The lowest BCUT2D eigenvalue weighted by Crippen LogP contribution is -2.31. The molecule has 2 rings (SSSR count). The van der Waals surface area contributed by atoms with Gasteiger partial charge in [0.15, 0.2) is 0 Å². The van der Waals surface area contributed by atoms with Gasteiger partial charge in [-0.25, -0.2) is 13.1 Å². The molecule has 1 saturated carbocycles. The van der Waals surface area contributed by atoms with Gasteiger partial charge in [-0.15, -0.1) is 0 Å². The van der Waals surface area contributed by atoms with Gasteiger partial charge in [-0.3, -0.25) is 0 Å². The number of rotatable bonds is 5. The van der Waals surface area contributed by atoms with E-state index in [1.165, 1.54) is 19.3 Å². The second-order valence-corrected chi connectivity index (χ2v) is 7.93. The normalized spacial score (nSPS) is 23.1. The monoisotopic (exact) mass is 310 g/mol. The smallest absolute Gasteiger partial charge is 0.240 e. The summed E-state index contributed by atoms with van der Waals surface area (Å²) in [5.74, 6) is 1.30. The van der Waals surface area contributed by atoms with Crippen molar-refractivity contribution in [3.8, 4) is 0 Å². The SMILES string of the molecule is CCC1CCC(CNS(=O)(=O)c2ccc(N)c(C)c2)CC1. The third-order valence-corrected chi connectivity index (χ3v) is 6.08. The van der Waals surface area contributed by atoms with Crippen molar-refractivity contribution in [2.45, 2.75) is 50.8 Å². The molecule has 0 spiro atoms. The molecule has 0 heterocycles. The van der Waals surface area contributed by atoms with Crippen LogP contribution >= 0.6 is 0 Å². The summed E-state index contributed by atoms with van der Waals surface area (Å²) < 4.78 is 27.4.